The van der Waals surface area contributed by atoms with Crippen molar-refractivity contribution in [3.05, 3.63) is 89.9 Å². The van der Waals surface area contributed by atoms with Crippen LogP contribution in [0.1, 0.15) is 40.4 Å². The summed E-state index contributed by atoms with van der Waals surface area (Å²) in [6.07, 6.45) is 2.06. The van der Waals surface area contributed by atoms with Crippen LogP contribution in [-0.4, -0.2) is 40.1 Å². The average molecular weight is 510 g/mol. The van der Waals surface area contributed by atoms with Crippen LogP contribution < -0.4 is 5.73 Å². The predicted octanol–water partition coefficient (Wildman–Crippen LogP) is 4.21. The van der Waals surface area contributed by atoms with Gasteiger partial charge in [-0.05, 0) is 31.2 Å². The Morgan fingerprint density at radius 1 is 1.14 bits per heavy atom. The predicted molar refractivity (Wildman–Crippen MR) is 124 cm³/mol. The van der Waals surface area contributed by atoms with Crippen molar-refractivity contribution in [2.24, 2.45) is 0 Å². The minimum atomic E-state index is -4.56. The number of nitrogen functional groups attached to an aromatic ring is 1. The van der Waals surface area contributed by atoms with Gasteiger partial charge < -0.3 is 10.6 Å². The molecule has 0 radical (unpaired) electrons. The molecule has 0 unspecified atom stereocenters. The Labute approximate surface area is 206 Å². The summed E-state index contributed by atoms with van der Waals surface area (Å²) >= 11 is 0. The van der Waals surface area contributed by atoms with E-state index < -0.39 is 29.5 Å². The highest BCUT2D eigenvalue weighted by molar-refractivity contribution is 6.02. The van der Waals surface area contributed by atoms with Crippen LogP contribution in [0.15, 0.2) is 61.4 Å². The number of rotatable bonds is 5. The van der Waals surface area contributed by atoms with E-state index in [0.29, 0.717) is 17.1 Å². The Bertz CT molecular complexity index is 1600. The van der Waals surface area contributed by atoms with Gasteiger partial charge in [0, 0.05) is 30.0 Å². The zero-order valence-electron chi connectivity index (χ0n) is 19.2. The second-order valence-electron chi connectivity index (χ2n) is 8.22. The average Bonchev–Trinajstić information content (AvgIpc) is 3.38. The number of alkyl halides is 3. The first kappa shape index (κ1) is 24.0. The molecule has 0 fully saturated rings. The van der Waals surface area contributed by atoms with E-state index in [1.807, 2.05) is 0 Å². The third-order valence-corrected chi connectivity index (χ3v) is 5.88. The second kappa shape index (κ2) is 9.08. The molecule has 9 nitrogen and oxygen atoms in total. The molecule has 0 aliphatic heterocycles. The van der Waals surface area contributed by atoms with Crippen LogP contribution in [0.25, 0.3) is 16.4 Å². The second-order valence-corrected chi connectivity index (χ2v) is 8.22. The first-order chi connectivity index (χ1) is 17.6. The third kappa shape index (κ3) is 4.50. The number of hydrogen-bond donors (Lipinski definition) is 1. The minimum Gasteiger partial charge on any atom is -0.369 e. The molecule has 0 aliphatic carbocycles. The monoisotopic (exact) mass is 510 g/mol. The van der Waals surface area contributed by atoms with Crippen LogP contribution >= 0.6 is 0 Å². The van der Waals surface area contributed by atoms with Crippen molar-refractivity contribution in [1.29, 1.82) is 0 Å². The lowest BCUT2D eigenvalue weighted by molar-refractivity contribution is -0.137. The zero-order valence-corrected chi connectivity index (χ0v) is 19.2. The summed E-state index contributed by atoms with van der Waals surface area (Å²) in [5.74, 6) is -1.23. The Morgan fingerprint density at radius 3 is 2.57 bits per heavy atom. The number of carbonyl (C=O) groups is 1. The Kier molecular flexibility index (Phi) is 5.90. The third-order valence-electron chi connectivity index (χ3n) is 5.88. The molecule has 1 atom stereocenters. The maximum Gasteiger partial charge on any atom is 0.417 e. The summed E-state index contributed by atoms with van der Waals surface area (Å²) in [6.45, 7) is 1.41. The van der Waals surface area contributed by atoms with E-state index in [0.717, 1.165) is 12.1 Å². The van der Waals surface area contributed by atoms with Crippen LogP contribution in [0.2, 0.25) is 0 Å². The van der Waals surface area contributed by atoms with Gasteiger partial charge in [-0.1, -0.05) is 0 Å². The van der Waals surface area contributed by atoms with Crippen LogP contribution in [0, 0.1) is 5.82 Å². The number of fused-ring (bicyclic) bond motifs is 3. The van der Waals surface area contributed by atoms with Gasteiger partial charge in [-0.2, -0.15) is 13.2 Å². The molecular formula is C24H18F4N8O. The van der Waals surface area contributed by atoms with Gasteiger partial charge in [-0.3, -0.25) is 14.2 Å². The van der Waals surface area contributed by atoms with Crippen molar-refractivity contribution in [2.45, 2.75) is 25.7 Å². The summed E-state index contributed by atoms with van der Waals surface area (Å²) in [7, 11) is 0. The maximum absolute atomic E-state index is 15.3. The van der Waals surface area contributed by atoms with Crippen molar-refractivity contribution in [1.82, 2.24) is 34.2 Å². The van der Waals surface area contributed by atoms with Gasteiger partial charge in [-0.25, -0.2) is 24.3 Å². The van der Waals surface area contributed by atoms with E-state index in [9.17, 15) is 18.0 Å². The normalized spacial score (nSPS) is 12.7. The van der Waals surface area contributed by atoms with E-state index in [1.54, 1.807) is 13.0 Å². The number of carbonyl (C=O) groups excluding carboxylic acids is 1. The van der Waals surface area contributed by atoms with E-state index >= 15 is 4.39 Å². The lowest BCUT2D eigenvalue weighted by atomic mass is 10.1. The van der Waals surface area contributed by atoms with Crippen LogP contribution in [0.4, 0.5) is 23.5 Å². The number of aromatic nitrogens is 6. The number of pyridine rings is 1. The summed E-state index contributed by atoms with van der Waals surface area (Å²) < 4.78 is 55.7. The fourth-order valence-electron chi connectivity index (χ4n) is 3.94. The van der Waals surface area contributed by atoms with Gasteiger partial charge in [0.05, 0.1) is 46.6 Å². The molecule has 0 aliphatic rings. The van der Waals surface area contributed by atoms with Crippen molar-refractivity contribution >= 4 is 28.3 Å². The molecule has 0 saturated heterocycles. The Morgan fingerprint density at radius 2 is 1.89 bits per heavy atom. The quantitative estimate of drug-likeness (QED) is 0.352. The van der Waals surface area contributed by atoms with Crippen molar-refractivity contribution < 1.29 is 22.4 Å². The minimum absolute atomic E-state index is 0.100. The number of imidazole rings is 1. The van der Waals surface area contributed by atoms with Crippen LogP contribution in [-0.2, 0) is 12.7 Å². The standard InChI is InChI=1S/C24H18F4N8O/c1-13(21-31-5-2-6-32-21)35(11-15-4-3-14(9-33-15)24(26,27)28)22(37)16-7-17-19(8-18(16)25)34-23(29)36-12-30-10-20(17)36/h2-10,12-13H,11H2,1H3,(H2,29,34)/t13-/m1/s1. The molecule has 1 amide bonds. The van der Waals surface area contributed by atoms with Gasteiger partial charge in [-0.15, -0.1) is 0 Å². The topological polar surface area (TPSA) is 115 Å². The first-order valence-electron chi connectivity index (χ1n) is 10.9. The molecule has 188 valence electrons. The van der Waals surface area contributed by atoms with Crippen molar-refractivity contribution in [3.63, 3.8) is 0 Å². The smallest absolute Gasteiger partial charge is 0.369 e. The summed E-state index contributed by atoms with van der Waals surface area (Å²) in [4.78, 5) is 35.4. The van der Waals surface area contributed by atoms with Gasteiger partial charge >= 0.3 is 6.18 Å². The number of amides is 1. The number of benzene rings is 1. The van der Waals surface area contributed by atoms with Gasteiger partial charge in [0.25, 0.3) is 5.91 Å². The number of nitrogens with zero attached hydrogens (tertiary/aromatic N) is 7. The molecule has 2 N–H and O–H groups in total. The molecular weight excluding hydrogens is 492 g/mol. The zero-order chi connectivity index (χ0) is 26.3. The molecule has 37 heavy (non-hydrogen) atoms. The van der Waals surface area contributed by atoms with Crippen molar-refractivity contribution in [3.8, 4) is 0 Å². The first-order valence-corrected chi connectivity index (χ1v) is 10.9. The number of anilines is 1. The fourth-order valence-corrected chi connectivity index (χ4v) is 3.94. The van der Waals surface area contributed by atoms with E-state index in [-0.39, 0.29) is 35.1 Å². The number of hydrogen-bond acceptors (Lipinski definition) is 7. The maximum atomic E-state index is 15.3. The Hall–Kier alpha value is -4.68. The summed E-state index contributed by atoms with van der Waals surface area (Å²) in [6, 6.07) is 5.32. The highest BCUT2D eigenvalue weighted by Crippen LogP contribution is 2.30. The molecule has 4 aromatic heterocycles. The molecule has 4 heterocycles. The molecule has 0 saturated carbocycles. The number of halogens is 4. The SMILES string of the molecule is C[C@H](c1ncccn1)N(Cc1ccc(C(F)(F)F)cn1)C(=O)c1cc2c(cc1F)nc(N)n1cncc21. The molecule has 0 bridgehead atoms. The molecule has 13 heteroatoms. The summed E-state index contributed by atoms with van der Waals surface area (Å²) in [5.41, 5.74) is 5.62. The van der Waals surface area contributed by atoms with E-state index in [4.69, 9.17) is 5.73 Å². The van der Waals surface area contributed by atoms with E-state index in [1.165, 1.54) is 46.4 Å². The van der Waals surface area contributed by atoms with Gasteiger partial charge in [0.15, 0.2) is 0 Å². The largest absolute Gasteiger partial charge is 0.417 e. The number of nitrogens with two attached hydrogens (primary N) is 1. The summed E-state index contributed by atoms with van der Waals surface area (Å²) in [5, 5.41) is 0.438. The van der Waals surface area contributed by atoms with Gasteiger partial charge in [0.1, 0.15) is 18.0 Å². The van der Waals surface area contributed by atoms with Crippen molar-refractivity contribution in [2.75, 3.05) is 5.73 Å². The van der Waals surface area contributed by atoms with E-state index in [2.05, 4.69) is 24.9 Å². The lowest BCUT2D eigenvalue weighted by Crippen LogP contribution is -2.35. The molecule has 5 aromatic rings. The van der Waals surface area contributed by atoms with Crippen LogP contribution in [0.5, 0.6) is 0 Å². The van der Waals surface area contributed by atoms with Crippen LogP contribution in [0.3, 0.4) is 0 Å². The fraction of sp³-hybridized carbons (Fsp3) is 0.167. The lowest BCUT2D eigenvalue weighted by Gasteiger charge is -2.28. The Balaban J connectivity index is 1.58. The molecule has 1 aromatic carbocycles. The molecule has 0 spiro atoms. The molecule has 5 rings (SSSR count). The highest BCUT2D eigenvalue weighted by Gasteiger charge is 2.32. The van der Waals surface area contributed by atoms with Gasteiger partial charge in [0.2, 0.25) is 5.95 Å². The highest BCUT2D eigenvalue weighted by atomic mass is 19.4.